The minimum Gasteiger partial charge on any atom is -0.438 e. The fraction of sp³-hybridized carbons (Fsp3) is 0. The Morgan fingerprint density at radius 2 is 1.09 bits per heavy atom. The number of hydrogen-bond donors (Lipinski definition) is 0. The van der Waals surface area contributed by atoms with Crippen molar-refractivity contribution in [2.75, 3.05) is 0 Å². The summed E-state index contributed by atoms with van der Waals surface area (Å²) in [6, 6.07) is 51.2. The van der Waals surface area contributed by atoms with Crippen LogP contribution in [0, 0.1) is 0 Å². The van der Waals surface area contributed by atoms with Crippen molar-refractivity contribution in [1.29, 1.82) is 0 Å². The number of pyridine rings is 1. The van der Waals surface area contributed by atoms with E-state index in [0.717, 1.165) is 37.9 Å². The maximum atomic E-state index is 6.65. The molecule has 0 aliphatic heterocycles. The van der Waals surface area contributed by atoms with Crippen LogP contribution in [0.15, 0.2) is 162 Å². The van der Waals surface area contributed by atoms with E-state index in [9.17, 15) is 0 Å². The molecule has 5 aromatic carbocycles. The smallest absolute Gasteiger partial charge is 0.234 e. The maximum absolute atomic E-state index is 6.65. The number of benzene rings is 5. The largest absolute Gasteiger partial charge is 0.438 e. The SMILES string of the molecule is c1ccc([Si](c2ccccc2)(c2ccnc(-n3c4ccccc4c4ccccc43)n2)c2cccc3c2oc2ncccc23)cc1. The van der Waals surface area contributed by atoms with E-state index in [0.29, 0.717) is 11.7 Å². The van der Waals surface area contributed by atoms with Crippen molar-refractivity contribution in [2.45, 2.75) is 0 Å². The minimum atomic E-state index is -3.09. The maximum Gasteiger partial charge on any atom is 0.234 e. The highest BCUT2D eigenvalue weighted by Crippen LogP contribution is 2.31. The predicted octanol–water partition coefficient (Wildman–Crippen LogP) is 6.25. The summed E-state index contributed by atoms with van der Waals surface area (Å²) < 4.78 is 8.84. The van der Waals surface area contributed by atoms with Gasteiger partial charge in [0.25, 0.3) is 0 Å². The highest BCUT2D eigenvalue weighted by atomic mass is 28.3. The van der Waals surface area contributed by atoms with Crippen LogP contribution in [-0.4, -0.2) is 27.6 Å². The lowest BCUT2D eigenvalue weighted by atomic mass is 10.2. The first-order valence-electron chi connectivity index (χ1n) is 15.0. The molecule has 212 valence electrons. The third kappa shape index (κ3) is 3.76. The van der Waals surface area contributed by atoms with Gasteiger partial charge >= 0.3 is 0 Å². The van der Waals surface area contributed by atoms with Crippen molar-refractivity contribution < 1.29 is 4.42 Å². The fourth-order valence-electron chi connectivity index (χ4n) is 7.02. The molecule has 9 aromatic rings. The van der Waals surface area contributed by atoms with Crippen LogP contribution < -0.4 is 20.9 Å². The second kappa shape index (κ2) is 10.1. The van der Waals surface area contributed by atoms with E-state index < -0.39 is 8.07 Å². The number of para-hydroxylation sites is 3. The van der Waals surface area contributed by atoms with Gasteiger partial charge < -0.3 is 4.42 Å². The molecule has 0 unspecified atom stereocenters. The summed E-state index contributed by atoms with van der Waals surface area (Å²) in [7, 11) is -3.09. The molecule has 0 saturated heterocycles. The molecule has 6 heteroatoms. The van der Waals surface area contributed by atoms with Crippen molar-refractivity contribution in [3.8, 4) is 5.95 Å². The Labute approximate surface area is 260 Å². The third-order valence-corrected chi connectivity index (χ3v) is 13.5. The van der Waals surface area contributed by atoms with Crippen LogP contribution in [0.2, 0.25) is 0 Å². The van der Waals surface area contributed by atoms with Crippen molar-refractivity contribution in [3.63, 3.8) is 0 Å². The highest BCUT2D eigenvalue weighted by molar-refractivity contribution is 7.20. The standard InChI is InChI=1S/C39H26N4OSi/c1-3-13-27(14-4-1)45(28-15-5-2-6-16-28,35-23-11-19-31-32-20-12-25-40-38(32)44-37(31)35)36-24-26-41-39(42-36)43-33-21-9-7-17-29(33)30-18-8-10-22-34(30)43/h1-26H. The quantitative estimate of drug-likeness (QED) is 0.175. The van der Waals surface area contributed by atoms with Gasteiger partial charge in [-0.05, 0) is 45.9 Å². The van der Waals surface area contributed by atoms with Crippen LogP contribution in [0.25, 0.3) is 49.8 Å². The number of hydrogen-bond acceptors (Lipinski definition) is 4. The second-order valence-electron chi connectivity index (χ2n) is 11.2. The Balaban J connectivity index is 1.42. The molecule has 0 aliphatic carbocycles. The second-order valence-corrected chi connectivity index (χ2v) is 14.9. The van der Waals surface area contributed by atoms with Crippen LogP contribution in [-0.2, 0) is 0 Å². The molecule has 0 aliphatic rings. The van der Waals surface area contributed by atoms with E-state index in [2.05, 4.69) is 149 Å². The molecule has 4 heterocycles. The zero-order valence-electron chi connectivity index (χ0n) is 24.2. The summed E-state index contributed by atoms with van der Waals surface area (Å²) in [5, 5.41) is 8.94. The number of fused-ring (bicyclic) bond motifs is 6. The Hall–Kier alpha value is -5.85. The average molecular weight is 595 g/mol. The van der Waals surface area contributed by atoms with Gasteiger partial charge in [0.05, 0.1) is 11.0 Å². The summed E-state index contributed by atoms with van der Waals surface area (Å²) >= 11 is 0. The molecule has 0 saturated carbocycles. The molecule has 0 amide bonds. The monoisotopic (exact) mass is 594 g/mol. The van der Waals surface area contributed by atoms with Crippen molar-refractivity contribution in [1.82, 2.24) is 19.5 Å². The van der Waals surface area contributed by atoms with E-state index in [1.807, 2.05) is 12.3 Å². The van der Waals surface area contributed by atoms with Gasteiger partial charge in [-0.1, -0.05) is 115 Å². The molecular weight excluding hydrogens is 569 g/mol. The van der Waals surface area contributed by atoms with Gasteiger partial charge in [-0.2, -0.15) is 0 Å². The van der Waals surface area contributed by atoms with Gasteiger partial charge in [-0.15, -0.1) is 0 Å². The number of rotatable bonds is 5. The minimum absolute atomic E-state index is 0.637. The van der Waals surface area contributed by atoms with E-state index in [1.54, 1.807) is 6.20 Å². The Morgan fingerprint density at radius 1 is 0.489 bits per heavy atom. The first-order chi connectivity index (χ1) is 22.3. The number of aromatic nitrogens is 4. The zero-order chi connectivity index (χ0) is 29.8. The Kier molecular flexibility index (Phi) is 5.76. The lowest BCUT2D eigenvalue weighted by molar-refractivity contribution is 0.656. The number of furan rings is 1. The zero-order valence-corrected chi connectivity index (χ0v) is 25.2. The van der Waals surface area contributed by atoms with Crippen LogP contribution in [0.5, 0.6) is 0 Å². The molecule has 4 aromatic heterocycles. The summed E-state index contributed by atoms with van der Waals surface area (Å²) in [5.74, 6) is 0.645. The molecule has 5 nitrogen and oxygen atoms in total. The van der Waals surface area contributed by atoms with E-state index in [4.69, 9.17) is 14.4 Å². The van der Waals surface area contributed by atoms with Gasteiger partial charge in [0, 0.05) is 39.3 Å². The van der Waals surface area contributed by atoms with Crippen LogP contribution in [0.4, 0.5) is 0 Å². The van der Waals surface area contributed by atoms with Gasteiger partial charge in [0.1, 0.15) is 5.58 Å². The molecule has 45 heavy (non-hydrogen) atoms. The molecule has 0 fully saturated rings. The fourth-order valence-corrected chi connectivity index (χ4v) is 11.7. The van der Waals surface area contributed by atoms with Crippen molar-refractivity contribution in [2.24, 2.45) is 0 Å². The van der Waals surface area contributed by atoms with Crippen LogP contribution in [0.1, 0.15) is 0 Å². The topological polar surface area (TPSA) is 56.7 Å². The molecule has 9 rings (SSSR count). The highest BCUT2D eigenvalue weighted by Gasteiger charge is 2.45. The lowest BCUT2D eigenvalue weighted by Crippen LogP contribution is -2.75. The van der Waals surface area contributed by atoms with Gasteiger partial charge in [0.2, 0.25) is 19.7 Å². The van der Waals surface area contributed by atoms with Crippen molar-refractivity contribution in [3.05, 3.63) is 158 Å². The molecule has 0 atom stereocenters. The van der Waals surface area contributed by atoms with E-state index >= 15 is 0 Å². The average Bonchev–Trinajstić information content (AvgIpc) is 3.66. The Morgan fingerprint density at radius 3 is 1.78 bits per heavy atom. The molecule has 0 radical (unpaired) electrons. The molecule has 0 spiro atoms. The summed E-state index contributed by atoms with van der Waals surface area (Å²) in [5.41, 5.74) is 3.64. The van der Waals surface area contributed by atoms with Gasteiger partial charge in [0.15, 0.2) is 0 Å². The third-order valence-electron chi connectivity index (χ3n) is 8.90. The summed E-state index contributed by atoms with van der Waals surface area (Å²) in [6.07, 6.45) is 3.70. The normalized spacial score (nSPS) is 12.0. The first kappa shape index (κ1) is 25.6. The predicted molar refractivity (Wildman–Crippen MR) is 185 cm³/mol. The van der Waals surface area contributed by atoms with Gasteiger partial charge in [-0.3, -0.25) is 4.57 Å². The number of nitrogens with zero attached hydrogens (tertiary/aromatic N) is 4. The van der Waals surface area contributed by atoms with E-state index in [-0.39, 0.29) is 0 Å². The van der Waals surface area contributed by atoms with Gasteiger partial charge in [-0.25, -0.2) is 15.0 Å². The summed E-state index contributed by atoms with van der Waals surface area (Å²) in [6.45, 7) is 0. The van der Waals surface area contributed by atoms with E-state index in [1.165, 1.54) is 21.1 Å². The molecular formula is C39H26N4OSi. The Bertz CT molecular complexity index is 2410. The van der Waals surface area contributed by atoms with Crippen LogP contribution >= 0.6 is 0 Å². The van der Waals surface area contributed by atoms with Crippen molar-refractivity contribution >= 4 is 72.8 Å². The lowest BCUT2D eigenvalue weighted by Gasteiger charge is -2.33. The summed E-state index contributed by atoms with van der Waals surface area (Å²) in [4.78, 5) is 15.0. The molecule has 0 N–H and O–H groups in total. The first-order valence-corrected chi connectivity index (χ1v) is 17.0. The van der Waals surface area contributed by atoms with Crippen LogP contribution in [0.3, 0.4) is 0 Å². The molecule has 0 bridgehead atoms.